The quantitative estimate of drug-likeness (QED) is 0.776. The molecule has 0 heterocycles. The fraction of sp³-hybridized carbons (Fsp3) is 0.368. The van der Waals surface area contributed by atoms with Crippen molar-refractivity contribution in [3.05, 3.63) is 69.2 Å². The van der Waals surface area contributed by atoms with Crippen LogP contribution in [0.25, 0.3) is 0 Å². The van der Waals surface area contributed by atoms with Gasteiger partial charge in [-0.1, -0.05) is 59.3 Å². The van der Waals surface area contributed by atoms with Crippen molar-refractivity contribution in [2.45, 2.75) is 33.1 Å². The number of rotatable bonds is 6. The van der Waals surface area contributed by atoms with E-state index < -0.39 is 0 Å². The van der Waals surface area contributed by atoms with Crippen molar-refractivity contribution in [3.63, 3.8) is 0 Å². The van der Waals surface area contributed by atoms with Gasteiger partial charge in [-0.25, -0.2) is 0 Å². The maximum atomic E-state index is 3.71. The Balaban J connectivity index is 2.31. The molecule has 1 atom stereocenters. The molecular formula is C19H24BrN. The molecule has 0 radical (unpaired) electrons. The summed E-state index contributed by atoms with van der Waals surface area (Å²) in [4.78, 5) is 0. The summed E-state index contributed by atoms with van der Waals surface area (Å²) in [6, 6.07) is 15.2. The highest BCUT2D eigenvalue weighted by atomic mass is 79.9. The summed E-state index contributed by atoms with van der Waals surface area (Å²) >= 11 is 3.71. The standard InChI is InChI=1S/C19H24BrN/c1-4-21-13-16(17-10-5-6-11-19(17)20)12-18-14(2)8-7-9-15(18)3/h5-11,16,21H,4,12-13H2,1-3H3. The first-order chi connectivity index (χ1) is 10.1. The summed E-state index contributed by atoms with van der Waals surface area (Å²) < 4.78 is 1.21. The Hall–Kier alpha value is -1.12. The summed E-state index contributed by atoms with van der Waals surface area (Å²) in [5.41, 5.74) is 5.66. The van der Waals surface area contributed by atoms with E-state index in [4.69, 9.17) is 0 Å². The zero-order chi connectivity index (χ0) is 15.2. The molecular weight excluding hydrogens is 322 g/mol. The summed E-state index contributed by atoms with van der Waals surface area (Å²) in [5.74, 6) is 0.486. The normalized spacial score (nSPS) is 12.4. The van der Waals surface area contributed by atoms with E-state index in [1.807, 2.05) is 0 Å². The van der Waals surface area contributed by atoms with Gasteiger partial charge in [-0.05, 0) is 55.1 Å². The molecule has 1 N–H and O–H groups in total. The van der Waals surface area contributed by atoms with Gasteiger partial charge in [0, 0.05) is 16.9 Å². The molecule has 21 heavy (non-hydrogen) atoms. The number of hydrogen-bond acceptors (Lipinski definition) is 1. The molecule has 2 aromatic carbocycles. The smallest absolute Gasteiger partial charge is 0.0210 e. The third kappa shape index (κ3) is 4.18. The maximum Gasteiger partial charge on any atom is 0.0210 e. The molecule has 0 spiro atoms. The third-order valence-corrected chi connectivity index (χ3v) is 4.80. The van der Waals surface area contributed by atoms with Crippen LogP contribution in [0.4, 0.5) is 0 Å². The van der Waals surface area contributed by atoms with Gasteiger partial charge in [-0.15, -0.1) is 0 Å². The van der Waals surface area contributed by atoms with Gasteiger partial charge in [-0.3, -0.25) is 0 Å². The van der Waals surface area contributed by atoms with Crippen LogP contribution in [0.2, 0.25) is 0 Å². The number of aryl methyl sites for hydroxylation is 2. The summed E-state index contributed by atoms with van der Waals surface area (Å²) in [6.07, 6.45) is 1.08. The van der Waals surface area contributed by atoms with Crippen LogP contribution in [-0.4, -0.2) is 13.1 Å². The lowest BCUT2D eigenvalue weighted by atomic mass is 9.88. The van der Waals surface area contributed by atoms with Crippen LogP contribution in [-0.2, 0) is 6.42 Å². The number of hydrogen-bond donors (Lipinski definition) is 1. The minimum absolute atomic E-state index is 0.486. The molecule has 2 rings (SSSR count). The molecule has 1 unspecified atom stereocenters. The van der Waals surface area contributed by atoms with E-state index >= 15 is 0 Å². The zero-order valence-electron chi connectivity index (χ0n) is 13.1. The van der Waals surface area contributed by atoms with E-state index in [2.05, 4.69) is 84.5 Å². The second kappa shape index (κ2) is 7.77. The van der Waals surface area contributed by atoms with Crippen LogP contribution in [0.15, 0.2) is 46.9 Å². The average Bonchev–Trinajstić information content (AvgIpc) is 2.47. The number of likely N-dealkylation sites (N-methyl/N-ethyl adjacent to an activating group) is 1. The molecule has 0 aliphatic heterocycles. The maximum absolute atomic E-state index is 3.71. The van der Waals surface area contributed by atoms with Crippen molar-refractivity contribution in [1.82, 2.24) is 5.32 Å². The Morgan fingerprint density at radius 1 is 1.00 bits per heavy atom. The lowest BCUT2D eigenvalue weighted by Crippen LogP contribution is -2.23. The minimum Gasteiger partial charge on any atom is -0.316 e. The summed E-state index contributed by atoms with van der Waals surface area (Å²) in [7, 11) is 0. The number of nitrogens with one attached hydrogen (secondary N) is 1. The van der Waals surface area contributed by atoms with E-state index in [1.165, 1.54) is 26.7 Å². The third-order valence-electron chi connectivity index (χ3n) is 4.08. The van der Waals surface area contributed by atoms with E-state index in [9.17, 15) is 0 Å². The Labute approximate surface area is 136 Å². The Bertz CT molecular complexity index is 572. The van der Waals surface area contributed by atoms with Crippen LogP contribution < -0.4 is 5.32 Å². The van der Waals surface area contributed by atoms with E-state index in [-0.39, 0.29) is 0 Å². The average molecular weight is 346 g/mol. The van der Waals surface area contributed by atoms with Crippen LogP contribution in [0.1, 0.15) is 35.1 Å². The molecule has 0 bridgehead atoms. The monoisotopic (exact) mass is 345 g/mol. The SMILES string of the molecule is CCNCC(Cc1c(C)cccc1C)c1ccccc1Br. The molecule has 0 aliphatic carbocycles. The molecule has 0 fully saturated rings. The lowest BCUT2D eigenvalue weighted by molar-refractivity contribution is 0.591. The predicted octanol–water partition coefficient (Wildman–Crippen LogP) is 5.00. The largest absolute Gasteiger partial charge is 0.316 e. The number of halogens is 1. The first kappa shape index (κ1) is 16.3. The second-order valence-corrected chi connectivity index (χ2v) is 6.45. The summed E-state index contributed by atoms with van der Waals surface area (Å²) in [5, 5.41) is 3.51. The molecule has 2 heteroatoms. The van der Waals surface area contributed by atoms with Crippen LogP contribution >= 0.6 is 15.9 Å². The fourth-order valence-corrected chi connectivity index (χ4v) is 3.44. The van der Waals surface area contributed by atoms with Crippen molar-refractivity contribution in [2.75, 3.05) is 13.1 Å². The van der Waals surface area contributed by atoms with Gasteiger partial charge in [0.05, 0.1) is 0 Å². The van der Waals surface area contributed by atoms with Gasteiger partial charge in [0.15, 0.2) is 0 Å². The lowest BCUT2D eigenvalue weighted by Gasteiger charge is -2.21. The first-order valence-corrected chi connectivity index (χ1v) is 8.43. The van der Waals surface area contributed by atoms with E-state index in [0.29, 0.717) is 5.92 Å². The van der Waals surface area contributed by atoms with Crippen LogP contribution in [0.3, 0.4) is 0 Å². The zero-order valence-corrected chi connectivity index (χ0v) is 14.7. The number of benzene rings is 2. The van der Waals surface area contributed by atoms with Crippen LogP contribution in [0.5, 0.6) is 0 Å². The van der Waals surface area contributed by atoms with Gasteiger partial charge in [0.2, 0.25) is 0 Å². The molecule has 112 valence electrons. The Morgan fingerprint density at radius 2 is 1.67 bits per heavy atom. The fourth-order valence-electron chi connectivity index (χ4n) is 2.83. The van der Waals surface area contributed by atoms with E-state index in [1.54, 1.807) is 0 Å². The van der Waals surface area contributed by atoms with Crippen molar-refractivity contribution >= 4 is 15.9 Å². The van der Waals surface area contributed by atoms with Crippen molar-refractivity contribution < 1.29 is 0 Å². The Kier molecular flexibility index (Phi) is 6.01. The highest BCUT2D eigenvalue weighted by molar-refractivity contribution is 9.10. The molecule has 0 amide bonds. The van der Waals surface area contributed by atoms with Crippen molar-refractivity contribution in [1.29, 1.82) is 0 Å². The Morgan fingerprint density at radius 3 is 2.29 bits per heavy atom. The highest BCUT2D eigenvalue weighted by Gasteiger charge is 2.16. The molecule has 2 aromatic rings. The van der Waals surface area contributed by atoms with Gasteiger partial charge < -0.3 is 5.32 Å². The molecule has 0 saturated carbocycles. The van der Waals surface area contributed by atoms with Gasteiger partial charge in [0.1, 0.15) is 0 Å². The molecule has 0 aliphatic rings. The second-order valence-electron chi connectivity index (χ2n) is 5.60. The molecule has 1 nitrogen and oxygen atoms in total. The van der Waals surface area contributed by atoms with E-state index in [0.717, 1.165) is 19.5 Å². The molecule has 0 aromatic heterocycles. The van der Waals surface area contributed by atoms with Crippen LogP contribution in [0, 0.1) is 13.8 Å². The predicted molar refractivity (Wildman–Crippen MR) is 95.0 cm³/mol. The van der Waals surface area contributed by atoms with Gasteiger partial charge in [-0.2, -0.15) is 0 Å². The van der Waals surface area contributed by atoms with Gasteiger partial charge >= 0.3 is 0 Å². The van der Waals surface area contributed by atoms with Gasteiger partial charge in [0.25, 0.3) is 0 Å². The molecule has 0 saturated heterocycles. The van der Waals surface area contributed by atoms with Crippen molar-refractivity contribution in [2.24, 2.45) is 0 Å². The topological polar surface area (TPSA) is 12.0 Å². The highest BCUT2D eigenvalue weighted by Crippen LogP contribution is 2.29. The van der Waals surface area contributed by atoms with Crippen molar-refractivity contribution in [3.8, 4) is 0 Å². The first-order valence-electron chi connectivity index (χ1n) is 7.63. The minimum atomic E-state index is 0.486. The summed E-state index contributed by atoms with van der Waals surface area (Å²) in [6.45, 7) is 8.61.